The summed E-state index contributed by atoms with van der Waals surface area (Å²) in [6.45, 7) is 2.94. The third-order valence-electron chi connectivity index (χ3n) is 3.20. The molecule has 0 aliphatic carbocycles. The molecule has 0 radical (unpaired) electrons. The number of nitrogens with zero attached hydrogens (tertiary/aromatic N) is 2. The van der Waals surface area contributed by atoms with Crippen LogP contribution in [0.25, 0.3) is 0 Å². The largest absolute Gasteiger partial charge is 0.481 e. The van der Waals surface area contributed by atoms with Gasteiger partial charge in [0.25, 0.3) is 5.91 Å². The summed E-state index contributed by atoms with van der Waals surface area (Å²) in [5.74, 6) is -1.06. The highest BCUT2D eigenvalue weighted by molar-refractivity contribution is 7.80. The van der Waals surface area contributed by atoms with Crippen LogP contribution in [0.1, 0.15) is 26.7 Å². The Morgan fingerprint density at radius 2 is 1.33 bits per heavy atom. The first-order valence-corrected chi connectivity index (χ1v) is 9.28. The van der Waals surface area contributed by atoms with Gasteiger partial charge in [-0.1, -0.05) is 0 Å². The normalized spacial score (nSPS) is 14.9. The van der Waals surface area contributed by atoms with Gasteiger partial charge in [-0.15, -0.1) is 0 Å². The van der Waals surface area contributed by atoms with Crippen molar-refractivity contribution in [2.45, 2.75) is 32.2 Å². The second-order valence-electron chi connectivity index (χ2n) is 5.63. The van der Waals surface area contributed by atoms with E-state index in [-0.39, 0.29) is 45.1 Å². The van der Waals surface area contributed by atoms with Crippen LogP contribution in [0.15, 0.2) is 0 Å². The minimum absolute atomic E-state index is 0.00300. The van der Waals surface area contributed by atoms with Gasteiger partial charge < -0.3 is 25.3 Å². The zero-order chi connectivity index (χ0) is 21.6. The molecule has 3 amide bonds. The van der Waals surface area contributed by atoms with E-state index in [2.05, 4.69) is 25.3 Å². The van der Waals surface area contributed by atoms with Gasteiger partial charge in [0.2, 0.25) is 0 Å². The second kappa shape index (κ2) is 14.5. The highest BCUT2D eigenvalue weighted by Gasteiger charge is 2.50. The quantitative estimate of drug-likeness (QED) is 0.229. The van der Waals surface area contributed by atoms with E-state index in [0.717, 1.165) is 4.90 Å². The molecule has 0 aromatic heterocycles. The molecule has 10 nitrogen and oxygen atoms in total. The van der Waals surface area contributed by atoms with Crippen molar-refractivity contribution < 1.29 is 39.6 Å². The Labute approximate surface area is 169 Å². The zero-order valence-corrected chi connectivity index (χ0v) is 17.2. The Morgan fingerprint density at radius 1 is 0.926 bits per heavy atom. The monoisotopic (exact) mass is 428 g/mol. The number of carboxylic acid groups (broad SMARTS) is 2. The molecule has 1 heterocycles. The van der Waals surface area contributed by atoms with Crippen LogP contribution in [0.4, 0.5) is 4.79 Å². The Hall–Kier alpha value is -1.50. The number of aliphatic carboxylic acids is 2. The number of hydrogen-bond donors (Lipinski definition) is 6. The first-order chi connectivity index (χ1) is 12.5. The third kappa shape index (κ3) is 10.4. The van der Waals surface area contributed by atoms with Gasteiger partial charge in [0.05, 0.1) is 32.6 Å². The summed E-state index contributed by atoms with van der Waals surface area (Å²) in [5.41, 5.74) is -0.936. The minimum Gasteiger partial charge on any atom is -0.481 e. The fourth-order valence-electron chi connectivity index (χ4n) is 1.88. The molecule has 0 bridgehead atoms. The van der Waals surface area contributed by atoms with Gasteiger partial charge in [-0.05, 0) is 13.8 Å². The van der Waals surface area contributed by atoms with Crippen LogP contribution in [-0.2, 0) is 14.4 Å². The van der Waals surface area contributed by atoms with Crippen molar-refractivity contribution in [2.75, 3.05) is 37.8 Å². The maximum absolute atomic E-state index is 11.8. The molecule has 27 heavy (non-hydrogen) atoms. The fraction of sp³-hybridized carbons (Fsp3) is 0.733. The van der Waals surface area contributed by atoms with Crippen LogP contribution in [0.2, 0.25) is 0 Å². The van der Waals surface area contributed by atoms with Crippen LogP contribution in [0.5, 0.6) is 0 Å². The van der Waals surface area contributed by atoms with Gasteiger partial charge in [-0.3, -0.25) is 19.3 Å². The van der Waals surface area contributed by atoms with E-state index in [4.69, 9.17) is 20.4 Å². The smallest absolute Gasteiger partial charge is 0.327 e. The standard InChI is InChI=1S/C9H16N2O4.2C3H6O2S/c1-9(2)7(14)10(3-5-12)8(15)11(9)4-6-13;2*4-3(5)1-2-6/h12-13H,3-6H2,1-2H3;2*6H,1-2H2,(H,4,5). The number of carbonyl (C=O) groups is 4. The number of hydrogen-bond acceptors (Lipinski definition) is 8. The highest BCUT2D eigenvalue weighted by Crippen LogP contribution is 2.26. The Bertz CT molecular complexity index is 486. The lowest BCUT2D eigenvalue weighted by Gasteiger charge is -2.26. The summed E-state index contributed by atoms with van der Waals surface area (Å²) in [5, 5.41) is 33.3. The molecule has 1 fully saturated rings. The Kier molecular flexibility index (Phi) is 14.9. The molecule has 0 saturated carbocycles. The molecule has 0 unspecified atom stereocenters. The third-order valence-corrected chi connectivity index (χ3v) is 3.65. The van der Waals surface area contributed by atoms with E-state index in [1.165, 1.54) is 4.90 Å². The van der Waals surface area contributed by atoms with Gasteiger partial charge >= 0.3 is 18.0 Å². The molecule has 1 aliphatic heterocycles. The van der Waals surface area contributed by atoms with Crippen LogP contribution < -0.4 is 0 Å². The molecule has 0 aromatic rings. The Balaban J connectivity index is 0. The van der Waals surface area contributed by atoms with Crippen molar-refractivity contribution in [1.29, 1.82) is 0 Å². The lowest BCUT2D eigenvalue weighted by Crippen LogP contribution is -2.45. The number of thiol groups is 2. The first-order valence-electron chi connectivity index (χ1n) is 8.01. The lowest BCUT2D eigenvalue weighted by atomic mass is 10.0. The van der Waals surface area contributed by atoms with Crippen molar-refractivity contribution in [1.82, 2.24) is 9.80 Å². The highest BCUT2D eigenvalue weighted by atomic mass is 32.1. The van der Waals surface area contributed by atoms with Crippen LogP contribution in [-0.4, -0.2) is 97.5 Å². The average Bonchev–Trinajstić information content (AvgIpc) is 2.71. The summed E-state index contributed by atoms with van der Waals surface area (Å²) in [7, 11) is 0. The van der Waals surface area contributed by atoms with Crippen molar-refractivity contribution in [2.24, 2.45) is 0 Å². The van der Waals surface area contributed by atoms with E-state index in [1.54, 1.807) is 13.8 Å². The topological polar surface area (TPSA) is 156 Å². The van der Waals surface area contributed by atoms with Crippen LogP contribution in [0.3, 0.4) is 0 Å². The summed E-state index contributed by atoms with van der Waals surface area (Å²) in [6, 6.07) is -0.451. The van der Waals surface area contributed by atoms with Crippen LogP contribution in [0, 0.1) is 0 Å². The molecular weight excluding hydrogens is 400 g/mol. The summed E-state index contributed by atoms with van der Waals surface area (Å²) < 4.78 is 0. The van der Waals surface area contributed by atoms with E-state index >= 15 is 0 Å². The number of imide groups is 1. The van der Waals surface area contributed by atoms with Gasteiger partial charge in [0.15, 0.2) is 0 Å². The predicted molar refractivity (Wildman–Crippen MR) is 104 cm³/mol. The molecule has 1 rings (SSSR count). The van der Waals surface area contributed by atoms with Crippen molar-refractivity contribution in [3.63, 3.8) is 0 Å². The van der Waals surface area contributed by atoms with E-state index in [0.29, 0.717) is 11.5 Å². The van der Waals surface area contributed by atoms with Gasteiger partial charge in [0, 0.05) is 18.1 Å². The number of carboxylic acids is 2. The maximum Gasteiger partial charge on any atom is 0.327 e. The predicted octanol–water partition coefficient (Wildman–Crippen LogP) is -0.204. The molecule has 12 heteroatoms. The summed E-state index contributed by atoms with van der Waals surface area (Å²) >= 11 is 7.36. The zero-order valence-electron chi connectivity index (χ0n) is 15.4. The van der Waals surface area contributed by atoms with Crippen molar-refractivity contribution >= 4 is 49.1 Å². The number of urea groups is 1. The fourth-order valence-corrected chi connectivity index (χ4v) is 2.26. The number of aliphatic hydroxyl groups excluding tert-OH is 2. The SMILES string of the molecule is CC1(C)C(=O)N(CCO)C(=O)N1CCO.O=C(O)CCS.O=C(O)CCS. The summed E-state index contributed by atoms with van der Waals surface area (Å²) in [4.78, 5) is 44.9. The lowest BCUT2D eigenvalue weighted by molar-refractivity contribution is -0.137. The summed E-state index contributed by atoms with van der Waals surface area (Å²) in [6.07, 6.45) is 0.312. The molecule has 1 aliphatic rings. The number of rotatable bonds is 8. The molecule has 0 atom stereocenters. The molecule has 0 aromatic carbocycles. The van der Waals surface area contributed by atoms with Crippen LogP contribution >= 0.6 is 25.3 Å². The number of amides is 3. The van der Waals surface area contributed by atoms with E-state index < -0.39 is 23.5 Å². The van der Waals surface area contributed by atoms with E-state index in [9.17, 15) is 19.2 Å². The average molecular weight is 429 g/mol. The number of carbonyl (C=O) groups excluding carboxylic acids is 2. The second-order valence-corrected chi connectivity index (χ2v) is 6.53. The molecular formula is C15H28N2O8S2. The number of β-amino-alcohol motifs (C(OH)–C–C–N with tert-alkyl or cyclic N) is 2. The molecule has 1 saturated heterocycles. The molecule has 0 spiro atoms. The minimum atomic E-state index is -0.936. The van der Waals surface area contributed by atoms with Gasteiger partial charge in [0.1, 0.15) is 5.54 Å². The molecule has 4 N–H and O–H groups in total. The van der Waals surface area contributed by atoms with Crippen molar-refractivity contribution in [3.05, 3.63) is 0 Å². The number of aliphatic hydroxyl groups is 2. The van der Waals surface area contributed by atoms with Gasteiger partial charge in [-0.2, -0.15) is 25.3 Å². The maximum atomic E-state index is 11.8. The van der Waals surface area contributed by atoms with E-state index in [1.807, 2.05) is 0 Å². The van der Waals surface area contributed by atoms with Crippen molar-refractivity contribution in [3.8, 4) is 0 Å². The Morgan fingerprint density at radius 3 is 1.59 bits per heavy atom. The first kappa shape index (κ1) is 27.7. The molecule has 158 valence electrons. The van der Waals surface area contributed by atoms with Gasteiger partial charge in [-0.25, -0.2) is 4.79 Å².